The highest BCUT2D eigenvalue weighted by Gasteiger charge is 2.38. The van der Waals surface area contributed by atoms with Crippen molar-refractivity contribution in [3.05, 3.63) is 76.9 Å². The van der Waals surface area contributed by atoms with E-state index in [0.29, 0.717) is 31.5 Å². The van der Waals surface area contributed by atoms with Crippen LogP contribution in [0.1, 0.15) is 46.3 Å². The van der Waals surface area contributed by atoms with Gasteiger partial charge in [0.15, 0.2) is 5.78 Å². The lowest BCUT2D eigenvalue weighted by Gasteiger charge is -2.30. The van der Waals surface area contributed by atoms with Crippen LogP contribution in [-0.4, -0.2) is 40.6 Å². The molecular formula is C25H27N3O3. The Labute approximate surface area is 182 Å². The quantitative estimate of drug-likeness (QED) is 0.755. The fourth-order valence-electron chi connectivity index (χ4n) is 4.37. The van der Waals surface area contributed by atoms with Gasteiger partial charge in [0, 0.05) is 37.8 Å². The molecule has 1 aliphatic heterocycles. The van der Waals surface area contributed by atoms with Gasteiger partial charge in [-0.25, -0.2) is 4.79 Å². The standard InChI is InChI=1S/C25H27N3O3/c1-16-6-4-8-19(12-16)26-25(31)27(3)14-18-7-5-9-20-21(18)15-28(24(20)30)22-11-10-17(2)13-23(22)29/h4-9,12,22H,2,10-11,13-15H2,1,3H3,(H,26,31). The number of Topliss-reactive ketones (excluding diaryl/α,β-unsaturated/α-hetero) is 1. The molecule has 1 saturated carbocycles. The van der Waals surface area contributed by atoms with Gasteiger partial charge in [-0.15, -0.1) is 0 Å². The minimum absolute atomic E-state index is 0.0635. The van der Waals surface area contributed by atoms with Crippen LogP contribution in [-0.2, 0) is 17.9 Å². The molecule has 2 aliphatic rings. The SMILES string of the molecule is C=C1CCC(N2Cc3c(CN(C)C(=O)Nc4cccc(C)c4)cccc3C2=O)C(=O)C1. The molecule has 1 heterocycles. The van der Waals surface area contributed by atoms with Crippen LogP contribution in [0.3, 0.4) is 0 Å². The second kappa shape index (κ2) is 8.38. The number of urea groups is 1. The van der Waals surface area contributed by atoms with Crippen LogP contribution in [0.25, 0.3) is 0 Å². The lowest BCUT2D eigenvalue weighted by molar-refractivity contribution is -0.124. The number of carbonyl (C=O) groups is 3. The largest absolute Gasteiger partial charge is 0.324 e. The third-order valence-corrected chi connectivity index (χ3v) is 6.06. The summed E-state index contributed by atoms with van der Waals surface area (Å²) in [6, 6.07) is 12.6. The van der Waals surface area contributed by atoms with Crippen molar-refractivity contribution < 1.29 is 14.4 Å². The van der Waals surface area contributed by atoms with Crippen molar-refractivity contribution in [2.45, 2.75) is 45.3 Å². The van der Waals surface area contributed by atoms with E-state index in [9.17, 15) is 14.4 Å². The third kappa shape index (κ3) is 4.24. The van der Waals surface area contributed by atoms with E-state index in [0.717, 1.165) is 34.4 Å². The van der Waals surface area contributed by atoms with Gasteiger partial charge >= 0.3 is 6.03 Å². The number of aryl methyl sites for hydroxylation is 1. The number of carbonyl (C=O) groups excluding carboxylic acids is 3. The summed E-state index contributed by atoms with van der Waals surface area (Å²) >= 11 is 0. The molecule has 6 heteroatoms. The average Bonchev–Trinajstić information content (AvgIpc) is 3.05. The number of nitrogens with zero attached hydrogens (tertiary/aromatic N) is 2. The summed E-state index contributed by atoms with van der Waals surface area (Å²) in [5, 5.41) is 2.91. The highest BCUT2D eigenvalue weighted by atomic mass is 16.2. The molecule has 1 N–H and O–H groups in total. The topological polar surface area (TPSA) is 69.7 Å². The number of hydrogen-bond acceptors (Lipinski definition) is 3. The summed E-state index contributed by atoms with van der Waals surface area (Å²) in [6.07, 6.45) is 1.75. The van der Waals surface area contributed by atoms with E-state index in [1.165, 1.54) is 0 Å². The van der Waals surface area contributed by atoms with Crippen LogP contribution in [0, 0.1) is 6.92 Å². The first-order valence-corrected chi connectivity index (χ1v) is 10.5. The summed E-state index contributed by atoms with van der Waals surface area (Å²) in [7, 11) is 1.73. The molecule has 0 spiro atoms. The van der Waals surface area contributed by atoms with Crippen LogP contribution in [0.2, 0.25) is 0 Å². The first-order chi connectivity index (χ1) is 14.8. The summed E-state index contributed by atoms with van der Waals surface area (Å²) < 4.78 is 0. The smallest absolute Gasteiger partial charge is 0.321 e. The van der Waals surface area contributed by atoms with Crippen LogP contribution < -0.4 is 5.32 Å². The zero-order valence-corrected chi connectivity index (χ0v) is 18.0. The molecule has 6 nitrogen and oxygen atoms in total. The van der Waals surface area contributed by atoms with Crippen molar-refractivity contribution in [1.82, 2.24) is 9.80 Å². The number of rotatable bonds is 4. The second-order valence-electron chi connectivity index (χ2n) is 8.48. The summed E-state index contributed by atoms with van der Waals surface area (Å²) in [4.78, 5) is 41.5. The molecule has 0 aromatic heterocycles. The molecule has 3 amide bonds. The van der Waals surface area contributed by atoms with Crippen molar-refractivity contribution in [1.29, 1.82) is 0 Å². The van der Waals surface area contributed by atoms with Crippen molar-refractivity contribution >= 4 is 23.4 Å². The molecule has 2 aromatic rings. The summed E-state index contributed by atoms with van der Waals surface area (Å²) in [5.74, 6) is -0.0387. The number of amides is 3. The van der Waals surface area contributed by atoms with E-state index in [-0.39, 0.29) is 23.8 Å². The number of allylic oxidation sites excluding steroid dienone is 1. The van der Waals surface area contributed by atoms with Crippen LogP contribution in [0.15, 0.2) is 54.6 Å². The van der Waals surface area contributed by atoms with Crippen molar-refractivity contribution in [2.75, 3.05) is 12.4 Å². The lowest BCUT2D eigenvalue weighted by atomic mass is 9.89. The Morgan fingerprint density at radius 3 is 2.74 bits per heavy atom. The maximum Gasteiger partial charge on any atom is 0.321 e. The van der Waals surface area contributed by atoms with Gasteiger partial charge in [0.25, 0.3) is 5.91 Å². The van der Waals surface area contributed by atoms with E-state index in [2.05, 4.69) is 11.9 Å². The molecule has 0 bridgehead atoms. The number of benzene rings is 2. The number of ketones is 1. The van der Waals surface area contributed by atoms with Gasteiger partial charge in [0.2, 0.25) is 0 Å². The zero-order chi connectivity index (χ0) is 22.1. The molecule has 1 unspecified atom stereocenters. The third-order valence-electron chi connectivity index (χ3n) is 6.06. The predicted octanol–water partition coefficient (Wildman–Crippen LogP) is 4.29. The molecule has 0 saturated heterocycles. The highest BCUT2D eigenvalue weighted by molar-refractivity contribution is 6.02. The van der Waals surface area contributed by atoms with Crippen LogP contribution in [0.5, 0.6) is 0 Å². The van der Waals surface area contributed by atoms with Gasteiger partial charge in [-0.3, -0.25) is 9.59 Å². The van der Waals surface area contributed by atoms with E-state index in [4.69, 9.17) is 0 Å². The van der Waals surface area contributed by atoms with E-state index in [1.54, 1.807) is 22.9 Å². The molecule has 1 fully saturated rings. The Morgan fingerprint density at radius 2 is 2.00 bits per heavy atom. The Hall–Kier alpha value is -3.41. The normalized spacial score (nSPS) is 18.2. The van der Waals surface area contributed by atoms with Gasteiger partial charge in [-0.05, 0) is 54.7 Å². The molecule has 4 rings (SSSR count). The molecule has 2 aromatic carbocycles. The van der Waals surface area contributed by atoms with Gasteiger partial charge < -0.3 is 15.1 Å². The maximum atomic E-state index is 13.0. The molecule has 1 atom stereocenters. The zero-order valence-electron chi connectivity index (χ0n) is 18.0. The highest BCUT2D eigenvalue weighted by Crippen LogP contribution is 2.32. The van der Waals surface area contributed by atoms with E-state index < -0.39 is 0 Å². The van der Waals surface area contributed by atoms with E-state index >= 15 is 0 Å². The van der Waals surface area contributed by atoms with Crippen LogP contribution in [0.4, 0.5) is 10.5 Å². The number of fused-ring (bicyclic) bond motifs is 1. The first-order valence-electron chi connectivity index (χ1n) is 10.5. The first kappa shape index (κ1) is 20.8. The second-order valence-corrected chi connectivity index (χ2v) is 8.48. The van der Waals surface area contributed by atoms with Crippen LogP contribution >= 0.6 is 0 Å². The minimum Gasteiger partial charge on any atom is -0.324 e. The Bertz CT molecular complexity index is 1080. The van der Waals surface area contributed by atoms with Gasteiger partial charge in [0.1, 0.15) is 0 Å². The maximum absolute atomic E-state index is 13.0. The van der Waals surface area contributed by atoms with Crippen molar-refractivity contribution in [2.24, 2.45) is 0 Å². The fraction of sp³-hybridized carbons (Fsp3) is 0.320. The molecular weight excluding hydrogens is 390 g/mol. The minimum atomic E-state index is -0.388. The van der Waals surface area contributed by atoms with E-state index in [1.807, 2.05) is 43.3 Å². The van der Waals surface area contributed by atoms with Crippen molar-refractivity contribution in [3.8, 4) is 0 Å². The molecule has 0 radical (unpaired) electrons. The summed E-state index contributed by atoms with van der Waals surface area (Å²) in [5.41, 5.74) is 5.20. The number of anilines is 1. The molecule has 160 valence electrons. The van der Waals surface area contributed by atoms with Gasteiger partial charge in [-0.2, -0.15) is 0 Å². The average molecular weight is 418 g/mol. The molecule has 1 aliphatic carbocycles. The Morgan fingerprint density at radius 1 is 1.23 bits per heavy atom. The lowest BCUT2D eigenvalue weighted by Crippen LogP contribution is -2.43. The fourth-order valence-corrected chi connectivity index (χ4v) is 4.37. The predicted molar refractivity (Wildman–Crippen MR) is 120 cm³/mol. The monoisotopic (exact) mass is 417 g/mol. The molecule has 31 heavy (non-hydrogen) atoms. The number of hydrogen-bond donors (Lipinski definition) is 1. The van der Waals surface area contributed by atoms with Crippen molar-refractivity contribution in [3.63, 3.8) is 0 Å². The summed E-state index contributed by atoms with van der Waals surface area (Å²) in [6.45, 7) is 6.66. The Balaban J connectivity index is 1.49. The van der Waals surface area contributed by atoms with Gasteiger partial charge in [-0.1, -0.05) is 36.4 Å². The number of nitrogens with one attached hydrogen (secondary N) is 1. The Kier molecular flexibility index (Phi) is 5.63. The van der Waals surface area contributed by atoms with Gasteiger partial charge in [0.05, 0.1) is 6.04 Å².